The zero-order chi connectivity index (χ0) is 14.4. The molecule has 112 valence electrons. The number of benzene rings is 1. The van der Waals surface area contributed by atoms with Crippen molar-refractivity contribution in [3.8, 4) is 5.75 Å². The van der Waals surface area contributed by atoms with E-state index >= 15 is 0 Å². The van der Waals surface area contributed by atoms with Gasteiger partial charge < -0.3 is 15.2 Å². The summed E-state index contributed by atoms with van der Waals surface area (Å²) in [5.41, 5.74) is 1.10. The van der Waals surface area contributed by atoms with E-state index in [0.29, 0.717) is 19.2 Å². The van der Waals surface area contributed by atoms with Crippen LogP contribution in [0.25, 0.3) is 0 Å². The summed E-state index contributed by atoms with van der Waals surface area (Å²) >= 11 is 1.95. The smallest absolute Gasteiger partial charge is 0.122 e. The predicted octanol–water partition coefficient (Wildman–Crippen LogP) is 2.61. The minimum absolute atomic E-state index is 0.344. The zero-order valence-corrected chi connectivity index (χ0v) is 13.2. The van der Waals surface area contributed by atoms with Crippen molar-refractivity contribution >= 4 is 11.8 Å². The molecule has 0 bridgehead atoms. The number of rotatable bonds is 7. The van der Waals surface area contributed by atoms with Crippen LogP contribution in [-0.2, 0) is 0 Å². The first-order valence-corrected chi connectivity index (χ1v) is 8.60. The molecule has 2 rings (SSSR count). The van der Waals surface area contributed by atoms with Crippen LogP contribution in [0.5, 0.6) is 5.75 Å². The Hall–Kier alpha value is -0.710. The summed E-state index contributed by atoms with van der Waals surface area (Å²) in [6.07, 6.45) is 5.44. The second-order valence-electron chi connectivity index (χ2n) is 5.51. The summed E-state index contributed by atoms with van der Waals surface area (Å²) in [6.45, 7) is 2.97. The quantitative estimate of drug-likeness (QED) is 0.811. The van der Waals surface area contributed by atoms with Crippen LogP contribution in [0.4, 0.5) is 0 Å². The molecule has 4 heteroatoms. The summed E-state index contributed by atoms with van der Waals surface area (Å²) in [5.74, 6) is 0.856. The van der Waals surface area contributed by atoms with Gasteiger partial charge in [0.1, 0.15) is 18.5 Å². The molecule has 0 amide bonds. The Labute approximate surface area is 126 Å². The summed E-state index contributed by atoms with van der Waals surface area (Å²) in [5, 5.41) is 14.2. The van der Waals surface area contributed by atoms with Gasteiger partial charge in [-0.15, -0.1) is 0 Å². The molecular weight excluding hydrogens is 270 g/mol. The van der Waals surface area contributed by atoms with E-state index in [0.717, 1.165) is 16.6 Å². The number of ether oxygens (including phenoxy) is 1. The third-order valence-corrected chi connectivity index (χ3v) is 4.98. The van der Waals surface area contributed by atoms with Gasteiger partial charge in [0.05, 0.1) is 0 Å². The van der Waals surface area contributed by atoms with E-state index in [1.165, 1.54) is 19.3 Å². The molecule has 0 aromatic heterocycles. The van der Waals surface area contributed by atoms with Crippen LogP contribution in [0.3, 0.4) is 0 Å². The van der Waals surface area contributed by atoms with Gasteiger partial charge in [0, 0.05) is 17.8 Å². The van der Waals surface area contributed by atoms with Gasteiger partial charge in [-0.05, 0) is 44.1 Å². The van der Waals surface area contributed by atoms with Crippen LogP contribution < -0.4 is 10.1 Å². The van der Waals surface area contributed by atoms with Gasteiger partial charge in [-0.1, -0.05) is 18.2 Å². The molecule has 0 saturated heterocycles. The molecule has 3 unspecified atom stereocenters. The SMILES string of the molecule is CSC1CCC(NCC(O)COc2ccccc2C)C1. The van der Waals surface area contributed by atoms with Gasteiger partial charge in [-0.2, -0.15) is 11.8 Å². The second-order valence-corrected chi connectivity index (χ2v) is 6.64. The minimum atomic E-state index is -0.456. The lowest BCUT2D eigenvalue weighted by atomic mass is 10.2. The summed E-state index contributed by atoms with van der Waals surface area (Å²) in [7, 11) is 0. The molecule has 20 heavy (non-hydrogen) atoms. The van der Waals surface area contributed by atoms with Gasteiger partial charge in [0.2, 0.25) is 0 Å². The number of aliphatic hydroxyl groups is 1. The number of hydrogen-bond donors (Lipinski definition) is 2. The standard InChI is InChI=1S/C16H25NO2S/c1-12-5-3-4-6-16(12)19-11-14(18)10-17-13-7-8-15(9-13)20-2/h3-6,13-15,17-18H,7-11H2,1-2H3. The molecule has 1 aromatic carbocycles. The Morgan fingerprint density at radius 1 is 1.40 bits per heavy atom. The lowest BCUT2D eigenvalue weighted by molar-refractivity contribution is 0.103. The molecule has 3 atom stereocenters. The summed E-state index contributed by atoms with van der Waals surface area (Å²) in [6, 6.07) is 8.45. The number of nitrogens with one attached hydrogen (secondary N) is 1. The fraction of sp³-hybridized carbons (Fsp3) is 0.625. The van der Waals surface area contributed by atoms with Gasteiger partial charge in [-0.3, -0.25) is 0 Å². The topological polar surface area (TPSA) is 41.5 Å². The molecule has 2 N–H and O–H groups in total. The number of hydrogen-bond acceptors (Lipinski definition) is 4. The van der Waals surface area contributed by atoms with Gasteiger partial charge in [0.15, 0.2) is 0 Å². The highest BCUT2D eigenvalue weighted by Gasteiger charge is 2.23. The lowest BCUT2D eigenvalue weighted by Crippen LogP contribution is -2.37. The predicted molar refractivity (Wildman–Crippen MR) is 85.6 cm³/mol. The maximum Gasteiger partial charge on any atom is 0.122 e. The van der Waals surface area contributed by atoms with E-state index in [4.69, 9.17) is 4.74 Å². The van der Waals surface area contributed by atoms with Crippen molar-refractivity contribution in [2.24, 2.45) is 0 Å². The van der Waals surface area contributed by atoms with Crippen molar-refractivity contribution in [3.63, 3.8) is 0 Å². The second kappa shape index (κ2) is 7.91. The highest BCUT2D eigenvalue weighted by molar-refractivity contribution is 7.99. The Bertz CT molecular complexity index is 413. The fourth-order valence-electron chi connectivity index (χ4n) is 2.61. The van der Waals surface area contributed by atoms with Crippen molar-refractivity contribution < 1.29 is 9.84 Å². The van der Waals surface area contributed by atoms with Gasteiger partial charge in [-0.25, -0.2) is 0 Å². The van der Waals surface area contributed by atoms with Crippen molar-refractivity contribution in [1.82, 2.24) is 5.32 Å². The average Bonchev–Trinajstić information content (AvgIpc) is 2.92. The third-order valence-electron chi connectivity index (χ3n) is 3.88. The number of aryl methyl sites for hydroxylation is 1. The van der Waals surface area contributed by atoms with Crippen LogP contribution in [0.15, 0.2) is 24.3 Å². The molecule has 3 nitrogen and oxygen atoms in total. The van der Waals surface area contributed by atoms with Gasteiger partial charge >= 0.3 is 0 Å². The highest BCUT2D eigenvalue weighted by Crippen LogP contribution is 2.28. The first-order chi connectivity index (χ1) is 9.69. The Morgan fingerprint density at radius 3 is 2.90 bits per heavy atom. The summed E-state index contributed by atoms with van der Waals surface area (Å²) < 4.78 is 5.66. The van der Waals surface area contributed by atoms with E-state index in [1.807, 2.05) is 43.0 Å². The average molecular weight is 295 g/mol. The molecule has 0 heterocycles. The maximum atomic E-state index is 9.99. The molecule has 1 aromatic rings. The third kappa shape index (κ3) is 4.69. The molecular formula is C16H25NO2S. The van der Waals surface area contributed by atoms with E-state index in [2.05, 4.69) is 11.6 Å². The Kier molecular flexibility index (Phi) is 6.20. The van der Waals surface area contributed by atoms with E-state index in [1.54, 1.807) is 0 Å². The molecule has 1 saturated carbocycles. The maximum absolute atomic E-state index is 9.99. The molecule has 1 aliphatic rings. The Morgan fingerprint density at radius 2 is 2.20 bits per heavy atom. The van der Waals surface area contributed by atoms with Crippen LogP contribution in [-0.4, -0.2) is 41.9 Å². The first-order valence-electron chi connectivity index (χ1n) is 7.31. The Balaban J connectivity index is 1.66. The molecule has 0 radical (unpaired) electrons. The molecule has 1 fully saturated rings. The molecule has 0 aliphatic heterocycles. The normalized spacial score (nSPS) is 23.8. The molecule has 1 aliphatic carbocycles. The van der Waals surface area contributed by atoms with Crippen LogP contribution >= 0.6 is 11.8 Å². The van der Waals surface area contributed by atoms with Crippen LogP contribution in [0.2, 0.25) is 0 Å². The molecule has 0 spiro atoms. The number of thioether (sulfide) groups is 1. The van der Waals surface area contributed by atoms with E-state index in [9.17, 15) is 5.11 Å². The van der Waals surface area contributed by atoms with E-state index in [-0.39, 0.29) is 0 Å². The summed E-state index contributed by atoms with van der Waals surface area (Å²) in [4.78, 5) is 0. The van der Waals surface area contributed by atoms with Crippen molar-refractivity contribution in [2.75, 3.05) is 19.4 Å². The highest BCUT2D eigenvalue weighted by atomic mass is 32.2. The monoisotopic (exact) mass is 295 g/mol. The number of aliphatic hydroxyl groups excluding tert-OH is 1. The van der Waals surface area contributed by atoms with Gasteiger partial charge in [0.25, 0.3) is 0 Å². The van der Waals surface area contributed by atoms with Crippen molar-refractivity contribution in [1.29, 1.82) is 0 Å². The van der Waals surface area contributed by atoms with Crippen molar-refractivity contribution in [2.45, 2.75) is 43.6 Å². The fourth-order valence-corrected chi connectivity index (χ4v) is 3.40. The van der Waals surface area contributed by atoms with Crippen LogP contribution in [0, 0.1) is 6.92 Å². The largest absolute Gasteiger partial charge is 0.491 e. The van der Waals surface area contributed by atoms with Crippen LogP contribution in [0.1, 0.15) is 24.8 Å². The zero-order valence-electron chi connectivity index (χ0n) is 12.3. The first kappa shape index (κ1) is 15.7. The minimum Gasteiger partial charge on any atom is -0.491 e. The number of para-hydroxylation sites is 1. The lowest BCUT2D eigenvalue weighted by Gasteiger charge is -2.17. The van der Waals surface area contributed by atoms with E-state index < -0.39 is 6.10 Å². The van der Waals surface area contributed by atoms with Crippen molar-refractivity contribution in [3.05, 3.63) is 29.8 Å².